The zero-order valence-corrected chi connectivity index (χ0v) is 17.8. The lowest BCUT2D eigenvalue weighted by molar-refractivity contribution is -0.113. The smallest absolute Gasteiger partial charge is 0.272 e. The van der Waals surface area contributed by atoms with E-state index < -0.39 is 5.91 Å². The van der Waals surface area contributed by atoms with Gasteiger partial charge >= 0.3 is 0 Å². The van der Waals surface area contributed by atoms with Gasteiger partial charge in [-0.3, -0.25) is 9.59 Å². The van der Waals surface area contributed by atoms with Crippen molar-refractivity contribution in [2.45, 2.75) is 0 Å². The van der Waals surface area contributed by atoms with E-state index in [0.29, 0.717) is 17.0 Å². The highest BCUT2D eigenvalue weighted by Crippen LogP contribution is 2.18. The highest BCUT2D eigenvalue weighted by molar-refractivity contribution is 6.10. The Morgan fingerprint density at radius 3 is 2.26 bits per heavy atom. The molecule has 3 aromatic carbocycles. The molecule has 0 heterocycles. The van der Waals surface area contributed by atoms with Crippen LogP contribution in [-0.2, 0) is 4.79 Å². The molecule has 6 nitrogen and oxygen atoms in total. The van der Waals surface area contributed by atoms with Crippen LogP contribution in [0, 0.1) is 0 Å². The summed E-state index contributed by atoms with van der Waals surface area (Å²) in [5.74, 6) is -0.178. The van der Waals surface area contributed by atoms with E-state index in [-0.39, 0.29) is 11.6 Å². The van der Waals surface area contributed by atoms with Gasteiger partial charge in [0.15, 0.2) is 0 Å². The Kier molecular flexibility index (Phi) is 7.06. The van der Waals surface area contributed by atoms with Gasteiger partial charge < -0.3 is 20.3 Å². The minimum Gasteiger partial charge on any atom is -0.497 e. The first-order valence-electron chi connectivity index (χ1n) is 9.77. The Morgan fingerprint density at radius 2 is 1.61 bits per heavy atom. The lowest BCUT2D eigenvalue weighted by atomic mass is 10.1. The molecule has 0 unspecified atom stereocenters. The third-order valence-electron chi connectivity index (χ3n) is 4.58. The van der Waals surface area contributed by atoms with E-state index in [0.717, 1.165) is 11.3 Å². The largest absolute Gasteiger partial charge is 0.497 e. The summed E-state index contributed by atoms with van der Waals surface area (Å²) in [6, 6.07) is 23.5. The Hall–Kier alpha value is -4.06. The van der Waals surface area contributed by atoms with Crippen molar-refractivity contribution in [2.75, 3.05) is 31.4 Å². The number of anilines is 2. The SMILES string of the molecule is COc1cccc(NC(=O)/C(=C\c2ccc(N(C)C)cc2)NC(=O)c2ccccc2)c1. The summed E-state index contributed by atoms with van der Waals surface area (Å²) in [6.45, 7) is 0. The summed E-state index contributed by atoms with van der Waals surface area (Å²) in [5.41, 5.74) is 2.98. The van der Waals surface area contributed by atoms with Crippen LogP contribution in [0.5, 0.6) is 5.75 Å². The number of amides is 2. The number of ether oxygens (including phenoxy) is 1. The number of rotatable bonds is 7. The predicted molar refractivity (Wildman–Crippen MR) is 124 cm³/mol. The van der Waals surface area contributed by atoms with Gasteiger partial charge in [-0.15, -0.1) is 0 Å². The second-order valence-corrected chi connectivity index (χ2v) is 7.05. The molecule has 0 aliphatic carbocycles. The van der Waals surface area contributed by atoms with Crippen LogP contribution in [0.3, 0.4) is 0 Å². The van der Waals surface area contributed by atoms with Crippen LogP contribution in [0.25, 0.3) is 6.08 Å². The second-order valence-electron chi connectivity index (χ2n) is 7.05. The zero-order valence-electron chi connectivity index (χ0n) is 17.8. The molecule has 0 saturated heterocycles. The van der Waals surface area contributed by atoms with E-state index in [2.05, 4.69) is 10.6 Å². The third kappa shape index (κ3) is 5.96. The van der Waals surface area contributed by atoms with E-state index >= 15 is 0 Å². The van der Waals surface area contributed by atoms with Crippen molar-refractivity contribution >= 4 is 29.3 Å². The van der Waals surface area contributed by atoms with Crippen molar-refractivity contribution in [3.05, 3.63) is 95.7 Å². The molecule has 2 amide bonds. The van der Waals surface area contributed by atoms with Crippen LogP contribution >= 0.6 is 0 Å². The molecule has 0 bridgehead atoms. The number of nitrogens with one attached hydrogen (secondary N) is 2. The highest BCUT2D eigenvalue weighted by atomic mass is 16.5. The van der Waals surface area contributed by atoms with Crippen molar-refractivity contribution in [2.24, 2.45) is 0 Å². The van der Waals surface area contributed by atoms with E-state index in [1.807, 2.05) is 49.3 Å². The fraction of sp³-hybridized carbons (Fsp3) is 0.120. The van der Waals surface area contributed by atoms with Crippen molar-refractivity contribution in [1.82, 2.24) is 5.32 Å². The van der Waals surface area contributed by atoms with Gasteiger partial charge in [0.05, 0.1) is 7.11 Å². The maximum atomic E-state index is 13.0. The standard InChI is InChI=1S/C25H25N3O3/c1-28(2)21-14-12-18(13-15-21)16-23(27-24(29)19-8-5-4-6-9-19)25(30)26-20-10-7-11-22(17-20)31-3/h4-17H,1-3H3,(H,26,30)(H,27,29)/b23-16+. The lowest BCUT2D eigenvalue weighted by Gasteiger charge is -2.13. The van der Waals surface area contributed by atoms with Gasteiger partial charge in [0.2, 0.25) is 0 Å². The number of carbonyl (C=O) groups excluding carboxylic acids is 2. The molecule has 0 aliphatic heterocycles. The molecule has 3 aromatic rings. The van der Waals surface area contributed by atoms with Gasteiger partial charge in [-0.25, -0.2) is 0 Å². The molecular formula is C25H25N3O3. The van der Waals surface area contributed by atoms with Crippen molar-refractivity contribution in [1.29, 1.82) is 0 Å². The molecule has 3 rings (SSSR count). The molecule has 31 heavy (non-hydrogen) atoms. The molecule has 6 heteroatoms. The molecule has 0 fully saturated rings. The molecule has 158 valence electrons. The third-order valence-corrected chi connectivity index (χ3v) is 4.58. The van der Waals surface area contributed by atoms with Crippen molar-refractivity contribution < 1.29 is 14.3 Å². The summed E-state index contributed by atoms with van der Waals surface area (Å²) < 4.78 is 5.21. The fourth-order valence-electron chi connectivity index (χ4n) is 2.88. The van der Waals surface area contributed by atoms with Crippen molar-refractivity contribution in [3.63, 3.8) is 0 Å². The van der Waals surface area contributed by atoms with Gasteiger partial charge in [-0.05, 0) is 48.0 Å². The van der Waals surface area contributed by atoms with Gasteiger partial charge in [-0.1, -0.05) is 36.4 Å². The molecule has 0 aromatic heterocycles. The Balaban J connectivity index is 1.88. The quantitative estimate of drug-likeness (QED) is 0.568. The van der Waals surface area contributed by atoms with Crippen LogP contribution in [0.4, 0.5) is 11.4 Å². The van der Waals surface area contributed by atoms with Crippen LogP contribution in [-0.4, -0.2) is 33.0 Å². The number of hydrogen-bond donors (Lipinski definition) is 2. The molecule has 0 aliphatic rings. The van der Waals surface area contributed by atoms with Crippen LogP contribution in [0.2, 0.25) is 0 Å². The normalized spacial score (nSPS) is 10.9. The van der Waals surface area contributed by atoms with E-state index in [9.17, 15) is 9.59 Å². The zero-order chi connectivity index (χ0) is 22.2. The predicted octanol–water partition coefficient (Wildman–Crippen LogP) is 4.17. The van der Waals surface area contributed by atoms with Gasteiger partial charge in [0.25, 0.3) is 11.8 Å². The Labute approximate surface area is 182 Å². The fourth-order valence-corrected chi connectivity index (χ4v) is 2.88. The van der Waals surface area contributed by atoms with Crippen LogP contribution in [0.15, 0.2) is 84.6 Å². The molecule has 0 radical (unpaired) electrons. The van der Waals surface area contributed by atoms with E-state index in [4.69, 9.17) is 4.74 Å². The Bertz CT molecular complexity index is 1070. The minimum absolute atomic E-state index is 0.134. The average molecular weight is 415 g/mol. The molecule has 2 N–H and O–H groups in total. The van der Waals surface area contributed by atoms with Crippen LogP contribution < -0.4 is 20.3 Å². The highest BCUT2D eigenvalue weighted by Gasteiger charge is 2.15. The lowest BCUT2D eigenvalue weighted by Crippen LogP contribution is -2.30. The number of benzene rings is 3. The number of methoxy groups -OCH3 is 1. The summed E-state index contributed by atoms with van der Waals surface area (Å²) >= 11 is 0. The molecular weight excluding hydrogens is 390 g/mol. The van der Waals surface area contributed by atoms with Gasteiger partial charge in [-0.2, -0.15) is 0 Å². The topological polar surface area (TPSA) is 70.7 Å². The maximum Gasteiger partial charge on any atom is 0.272 e. The van der Waals surface area contributed by atoms with Crippen molar-refractivity contribution in [3.8, 4) is 5.75 Å². The van der Waals surface area contributed by atoms with Crippen LogP contribution in [0.1, 0.15) is 15.9 Å². The molecule has 0 spiro atoms. The summed E-state index contributed by atoms with van der Waals surface area (Å²) in [7, 11) is 5.47. The number of nitrogens with zero attached hydrogens (tertiary/aromatic N) is 1. The molecule has 0 atom stereocenters. The van der Waals surface area contributed by atoms with Gasteiger partial charge in [0, 0.05) is 37.1 Å². The maximum absolute atomic E-state index is 13.0. The average Bonchev–Trinajstić information content (AvgIpc) is 2.79. The number of carbonyl (C=O) groups is 2. The first-order valence-corrected chi connectivity index (χ1v) is 9.77. The van der Waals surface area contributed by atoms with E-state index in [1.54, 1.807) is 61.7 Å². The summed E-state index contributed by atoms with van der Waals surface area (Å²) in [4.78, 5) is 27.7. The first kappa shape index (κ1) is 21.6. The Morgan fingerprint density at radius 1 is 0.903 bits per heavy atom. The summed E-state index contributed by atoms with van der Waals surface area (Å²) in [5, 5.41) is 5.55. The summed E-state index contributed by atoms with van der Waals surface area (Å²) in [6.07, 6.45) is 1.65. The van der Waals surface area contributed by atoms with Gasteiger partial charge in [0.1, 0.15) is 11.4 Å². The van der Waals surface area contributed by atoms with E-state index in [1.165, 1.54) is 0 Å². The minimum atomic E-state index is -0.436. The number of hydrogen-bond acceptors (Lipinski definition) is 4. The second kappa shape index (κ2) is 10.1. The molecule has 0 saturated carbocycles. The first-order chi connectivity index (χ1) is 15.0. The monoisotopic (exact) mass is 415 g/mol.